The zero-order valence-electron chi connectivity index (χ0n) is 12.8. The molecular formula is C13H25NO5S. The summed E-state index contributed by atoms with van der Waals surface area (Å²) in [7, 11) is -3.52. The van der Waals surface area contributed by atoms with Crippen LogP contribution < -0.4 is 5.32 Å². The van der Waals surface area contributed by atoms with Crippen molar-refractivity contribution in [1.29, 1.82) is 0 Å². The third-order valence-electron chi connectivity index (χ3n) is 3.29. The number of rotatable bonds is 8. The van der Waals surface area contributed by atoms with E-state index in [1.54, 1.807) is 0 Å². The SMILES string of the molecule is CC(C)C[C@H](CNC(=O)C(C)(C)S(C)(=O)=O)CC(=O)O. The van der Waals surface area contributed by atoms with Crippen molar-refractivity contribution in [2.24, 2.45) is 11.8 Å². The van der Waals surface area contributed by atoms with Crippen LogP contribution in [0.5, 0.6) is 0 Å². The zero-order valence-corrected chi connectivity index (χ0v) is 13.6. The fourth-order valence-corrected chi connectivity index (χ4v) is 2.18. The second-order valence-corrected chi connectivity index (χ2v) is 8.65. The molecule has 0 unspecified atom stereocenters. The average molecular weight is 307 g/mol. The molecule has 0 aromatic heterocycles. The lowest BCUT2D eigenvalue weighted by Gasteiger charge is -2.24. The van der Waals surface area contributed by atoms with E-state index in [0.29, 0.717) is 12.3 Å². The number of carbonyl (C=O) groups is 2. The molecule has 1 amide bonds. The summed E-state index contributed by atoms with van der Waals surface area (Å²) in [5.74, 6) is -1.42. The molecule has 7 heteroatoms. The number of hydrogen-bond donors (Lipinski definition) is 2. The van der Waals surface area contributed by atoms with Gasteiger partial charge < -0.3 is 10.4 Å². The zero-order chi connectivity index (χ0) is 16.1. The van der Waals surface area contributed by atoms with Gasteiger partial charge in [0.15, 0.2) is 9.84 Å². The highest BCUT2D eigenvalue weighted by molar-refractivity contribution is 7.92. The number of amides is 1. The number of hydrogen-bond acceptors (Lipinski definition) is 4. The molecule has 0 rings (SSSR count). The van der Waals surface area contributed by atoms with Gasteiger partial charge in [0, 0.05) is 19.2 Å². The van der Waals surface area contributed by atoms with Crippen LogP contribution in [-0.4, -0.2) is 42.9 Å². The highest BCUT2D eigenvalue weighted by Crippen LogP contribution is 2.17. The first-order valence-corrected chi connectivity index (χ1v) is 8.46. The van der Waals surface area contributed by atoms with Gasteiger partial charge in [-0.15, -0.1) is 0 Å². The van der Waals surface area contributed by atoms with E-state index in [1.165, 1.54) is 13.8 Å². The monoisotopic (exact) mass is 307 g/mol. The van der Waals surface area contributed by atoms with Crippen molar-refractivity contribution in [2.75, 3.05) is 12.8 Å². The van der Waals surface area contributed by atoms with E-state index < -0.39 is 26.5 Å². The number of aliphatic carboxylic acids is 1. The van der Waals surface area contributed by atoms with Gasteiger partial charge in [-0.1, -0.05) is 13.8 Å². The Morgan fingerprint density at radius 3 is 2.10 bits per heavy atom. The molecule has 6 nitrogen and oxygen atoms in total. The van der Waals surface area contributed by atoms with Gasteiger partial charge in [0.1, 0.15) is 4.75 Å². The first kappa shape index (κ1) is 18.9. The van der Waals surface area contributed by atoms with E-state index >= 15 is 0 Å². The standard InChI is InChI=1S/C13H25NO5S/c1-9(2)6-10(7-11(15)16)8-14-12(17)13(3,4)20(5,18)19/h9-10H,6-8H2,1-5H3,(H,14,17)(H,15,16)/t10-/m0/s1. The van der Waals surface area contributed by atoms with Crippen LogP contribution in [-0.2, 0) is 19.4 Å². The smallest absolute Gasteiger partial charge is 0.303 e. The Hall–Kier alpha value is -1.11. The van der Waals surface area contributed by atoms with Gasteiger partial charge in [-0.05, 0) is 32.1 Å². The molecule has 2 N–H and O–H groups in total. The average Bonchev–Trinajstić information content (AvgIpc) is 2.21. The Morgan fingerprint density at radius 1 is 1.25 bits per heavy atom. The number of carbonyl (C=O) groups excluding carboxylic acids is 1. The van der Waals surface area contributed by atoms with Crippen LogP contribution in [0, 0.1) is 11.8 Å². The van der Waals surface area contributed by atoms with Crippen molar-refractivity contribution in [1.82, 2.24) is 5.32 Å². The lowest BCUT2D eigenvalue weighted by molar-refractivity contribution is -0.138. The molecule has 0 bridgehead atoms. The largest absolute Gasteiger partial charge is 0.481 e. The Balaban J connectivity index is 4.70. The summed E-state index contributed by atoms with van der Waals surface area (Å²) in [6.45, 7) is 6.79. The van der Waals surface area contributed by atoms with E-state index in [0.717, 1.165) is 6.26 Å². The fraction of sp³-hybridized carbons (Fsp3) is 0.846. The summed E-state index contributed by atoms with van der Waals surface area (Å²) in [5, 5.41) is 11.4. The van der Waals surface area contributed by atoms with Crippen LogP contribution >= 0.6 is 0 Å². The highest BCUT2D eigenvalue weighted by atomic mass is 32.2. The lowest BCUT2D eigenvalue weighted by Crippen LogP contribution is -2.48. The normalized spacial score (nSPS) is 14.1. The molecule has 0 fully saturated rings. The van der Waals surface area contributed by atoms with Crippen LogP contribution in [0.15, 0.2) is 0 Å². The summed E-state index contributed by atoms with van der Waals surface area (Å²) >= 11 is 0. The first-order valence-electron chi connectivity index (χ1n) is 6.57. The van der Waals surface area contributed by atoms with E-state index in [1.807, 2.05) is 13.8 Å². The molecule has 0 saturated heterocycles. The van der Waals surface area contributed by atoms with Crippen LogP contribution in [0.3, 0.4) is 0 Å². The quantitative estimate of drug-likeness (QED) is 0.698. The molecule has 0 aliphatic heterocycles. The van der Waals surface area contributed by atoms with Crippen molar-refractivity contribution in [2.45, 2.75) is 45.3 Å². The van der Waals surface area contributed by atoms with E-state index in [9.17, 15) is 18.0 Å². The molecule has 0 aliphatic rings. The van der Waals surface area contributed by atoms with Crippen molar-refractivity contribution in [3.63, 3.8) is 0 Å². The maximum absolute atomic E-state index is 11.9. The third kappa shape index (κ3) is 5.90. The molecule has 1 atom stereocenters. The van der Waals surface area contributed by atoms with Crippen LogP contribution in [0.1, 0.15) is 40.5 Å². The van der Waals surface area contributed by atoms with Gasteiger partial charge >= 0.3 is 5.97 Å². The van der Waals surface area contributed by atoms with Gasteiger partial charge in [-0.3, -0.25) is 9.59 Å². The summed E-state index contributed by atoms with van der Waals surface area (Å²) in [4.78, 5) is 22.7. The third-order valence-corrected chi connectivity index (χ3v) is 5.33. The van der Waals surface area contributed by atoms with Crippen molar-refractivity contribution in [3.05, 3.63) is 0 Å². The molecule has 20 heavy (non-hydrogen) atoms. The number of carboxylic acids is 1. The maximum atomic E-state index is 11.9. The molecule has 0 aliphatic carbocycles. The second-order valence-electron chi connectivity index (χ2n) is 6.09. The predicted molar refractivity (Wildman–Crippen MR) is 77.1 cm³/mol. The van der Waals surface area contributed by atoms with Gasteiger partial charge in [-0.25, -0.2) is 8.42 Å². The van der Waals surface area contributed by atoms with Crippen molar-refractivity contribution < 1.29 is 23.1 Å². The Kier molecular flexibility index (Phi) is 6.67. The van der Waals surface area contributed by atoms with Gasteiger partial charge in [0.2, 0.25) is 5.91 Å². The predicted octanol–water partition coefficient (Wildman–Crippen LogP) is 1.06. The number of sulfone groups is 1. The first-order chi connectivity index (χ1) is 8.87. The van der Waals surface area contributed by atoms with Crippen molar-refractivity contribution >= 4 is 21.7 Å². The molecule has 0 aromatic carbocycles. The molecule has 0 radical (unpaired) electrons. The second kappa shape index (κ2) is 7.06. The van der Waals surface area contributed by atoms with Gasteiger partial charge in [-0.2, -0.15) is 0 Å². The molecule has 0 aromatic rings. The van der Waals surface area contributed by atoms with Gasteiger partial charge in [0.25, 0.3) is 0 Å². The lowest BCUT2D eigenvalue weighted by atomic mass is 9.94. The van der Waals surface area contributed by atoms with Crippen LogP contribution in [0.2, 0.25) is 0 Å². The number of nitrogens with one attached hydrogen (secondary N) is 1. The Morgan fingerprint density at radius 2 is 1.75 bits per heavy atom. The summed E-state index contributed by atoms with van der Waals surface area (Å²) in [6, 6.07) is 0. The topological polar surface area (TPSA) is 101 Å². The molecule has 0 heterocycles. The van der Waals surface area contributed by atoms with Gasteiger partial charge in [0.05, 0.1) is 0 Å². The van der Waals surface area contributed by atoms with E-state index in [-0.39, 0.29) is 18.9 Å². The number of carboxylic acid groups (broad SMARTS) is 1. The molecular weight excluding hydrogens is 282 g/mol. The van der Waals surface area contributed by atoms with Crippen LogP contribution in [0.25, 0.3) is 0 Å². The minimum absolute atomic E-state index is 0.0439. The minimum atomic E-state index is -3.52. The van der Waals surface area contributed by atoms with Crippen LogP contribution in [0.4, 0.5) is 0 Å². The van der Waals surface area contributed by atoms with Crippen molar-refractivity contribution in [3.8, 4) is 0 Å². The maximum Gasteiger partial charge on any atom is 0.303 e. The Labute approximate surface area is 120 Å². The van der Waals surface area contributed by atoms with E-state index in [4.69, 9.17) is 5.11 Å². The molecule has 0 saturated carbocycles. The minimum Gasteiger partial charge on any atom is -0.481 e. The van der Waals surface area contributed by atoms with E-state index in [2.05, 4.69) is 5.32 Å². The summed E-state index contributed by atoms with van der Waals surface area (Å²) < 4.78 is 21.6. The molecule has 0 spiro atoms. The summed E-state index contributed by atoms with van der Waals surface area (Å²) in [6.07, 6.45) is 1.62. The fourth-order valence-electron chi connectivity index (χ4n) is 1.77. The molecule has 118 valence electrons. The Bertz CT molecular complexity index is 453. The highest BCUT2D eigenvalue weighted by Gasteiger charge is 2.38. The summed E-state index contributed by atoms with van der Waals surface area (Å²) in [5.41, 5.74) is 0.